The third-order valence-corrected chi connectivity index (χ3v) is 7.03. The molecule has 10 heteroatoms. The minimum atomic E-state index is -3.57. The predicted octanol–water partition coefficient (Wildman–Crippen LogP) is 5.41. The summed E-state index contributed by atoms with van der Waals surface area (Å²) in [7, 11) is -1.48. The summed E-state index contributed by atoms with van der Waals surface area (Å²) in [6, 6.07) is 4.83. The molecule has 33 heavy (non-hydrogen) atoms. The number of aromatic nitrogens is 3. The van der Waals surface area contributed by atoms with Crippen molar-refractivity contribution < 1.29 is 22.5 Å². The van der Waals surface area contributed by atoms with Gasteiger partial charge in [-0.3, -0.25) is 4.98 Å². The van der Waals surface area contributed by atoms with Gasteiger partial charge in [-0.05, 0) is 53.2 Å². The number of rotatable bonds is 7. The molecule has 0 aliphatic carbocycles. The average Bonchev–Trinajstić information content (AvgIpc) is 2.72. The highest BCUT2D eigenvalue weighted by Crippen LogP contribution is 2.43. The Hall–Kier alpha value is -2.51. The lowest BCUT2D eigenvalue weighted by atomic mass is 9.90. The molecule has 3 aromatic rings. The minimum Gasteiger partial charge on any atom is -0.372 e. The Morgan fingerprint density at radius 2 is 1.85 bits per heavy atom. The summed E-state index contributed by atoms with van der Waals surface area (Å²) in [5.41, 5.74) is -1.66. The van der Waals surface area contributed by atoms with Gasteiger partial charge in [-0.2, -0.15) is 8.78 Å². The lowest BCUT2D eigenvalue weighted by molar-refractivity contribution is -0.186. The first kappa shape index (κ1) is 25.1. The van der Waals surface area contributed by atoms with E-state index in [9.17, 15) is 4.57 Å². The maximum absolute atomic E-state index is 15.3. The molecule has 3 rings (SSSR count). The van der Waals surface area contributed by atoms with Crippen LogP contribution in [-0.4, -0.2) is 41.0 Å². The van der Waals surface area contributed by atoms with Crippen LogP contribution in [0.1, 0.15) is 43.8 Å². The summed E-state index contributed by atoms with van der Waals surface area (Å²) in [5.74, 6) is -3.76. The van der Waals surface area contributed by atoms with E-state index in [1.54, 1.807) is 33.2 Å². The zero-order valence-corrected chi connectivity index (χ0v) is 20.6. The van der Waals surface area contributed by atoms with E-state index in [4.69, 9.17) is 4.74 Å². The van der Waals surface area contributed by atoms with Gasteiger partial charge < -0.3 is 14.6 Å². The van der Waals surface area contributed by atoms with Crippen LogP contribution in [0.3, 0.4) is 0 Å². The second kappa shape index (κ2) is 8.69. The molecule has 0 saturated heterocycles. The van der Waals surface area contributed by atoms with Crippen LogP contribution in [0.2, 0.25) is 0 Å². The summed E-state index contributed by atoms with van der Waals surface area (Å²) in [6.07, 6.45) is 1.52. The Bertz CT molecular complexity index is 1240. The van der Waals surface area contributed by atoms with E-state index in [2.05, 4.69) is 20.3 Å². The van der Waals surface area contributed by atoms with E-state index in [-0.39, 0.29) is 5.56 Å². The van der Waals surface area contributed by atoms with Gasteiger partial charge in [0, 0.05) is 18.1 Å². The number of alkyl halides is 2. The lowest BCUT2D eigenvalue weighted by Gasteiger charge is -2.33. The van der Waals surface area contributed by atoms with Crippen molar-refractivity contribution in [2.75, 3.05) is 25.8 Å². The van der Waals surface area contributed by atoms with Gasteiger partial charge in [0.1, 0.15) is 35.6 Å². The number of aryl methyl sites for hydroxylation is 1. The summed E-state index contributed by atoms with van der Waals surface area (Å²) < 4.78 is 62.9. The van der Waals surface area contributed by atoms with Crippen molar-refractivity contribution in [3.63, 3.8) is 0 Å². The molecular weight excluding hydrogens is 452 g/mol. The molecule has 0 aliphatic heterocycles. The van der Waals surface area contributed by atoms with Crippen LogP contribution in [0.5, 0.6) is 0 Å². The van der Waals surface area contributed by atoms with Crippen LogP contribution in [-0.2, 0) is 15.2 Å². The molecule has 0 bridgehead atoms. The molecule has 1 unspecified atom stereocenters. The van der Waals surface area contributed by atoms with E-state index >= 15 is 13.2 Å². The fourth-order valence-corrected chi connectivity index (χ4v) is 4.18. The Balaban J connectivity index is 2.07. The van der Waals surface area contributed by atoms with Crippen molar-refractivity contribution in [1.29, 1.82) is 0 Å². The topological polar surface area (TPSA) is 77.0 Å². The zero-order valence-electron chi connectivity index (χ0n) is 19.7. The number of ether oxygens (including phenoxy) is 1. The molecule has 0 spiro atoms. The number of anilines is 1. The Morgan fingerprint density at radius 1 is 1.18 bits per heavy atom. The van der Waals surface area contributed by atoms with E-state index < -0.39 is 36.1 Å². The summed E-state index contributed by atoms with van der Waals surface area (Å²) in [6.45, 7) is 8.98. The van der Waals surface area contributed by atoms with Crippen molar-refractivity contribution in [1.82, 2.24) is 15.0 Å². The van der Waals surface area contributed by atoms with Gasteiger partial charge >= 0.3 is 5.92 Å². The van der Waals surface area contributed by atoms with E-state index in [1.165, 1.54) is 32.2 Å². The number of methoxy groups -OCH3 is 1. The monoisotopic (exact) mass is 480 g/mol. The minimum absolute atomic E-state index is 0.0504. The third-order valence-electron chi connectivity index (χ3n) is 5.68. The van der Waals surface area contributed by atoms with Crippen molar-refractivity contribution >= 4 is 29.3 Å². The molecule has 0 aliphatic rings. The van der Waals surface area contributed by atoms with Crippen LogP contribution in [0.15, 0.2) is 30.5 Å². The highest BCUT2D eigenvalue weighted by Gasteiger charge is 2.50. The van der Waals surface area contributed by atoms with Gasteiger partial charge in [-0.1, -0.05) is 12.1 Å². The molecule has 1 N–H and O–H groups in total. The average molecular weight is 480 g/mol. The van der Waals surface area contributed by atoms with Gasteiger partial charge in [0.05, 0.1) is 23.3 Å². The summed E-state index contributed by atoms with van der Waals surface area (Å²) >= 11 is 0. The van der Waals surface area contributed by atoms with Gasteiger partial charge in [0.25, 0.3) is 0 Å². The third kappa shape index (κ3) is 4.75. The molecule has 0 amide bonds. The largest absolute Gasteiger partial charge is 0.372 e. The number of fused-ring (bicyclic) bond motifs is 1. The highest BCUT2D eigenvalue weighted by atomic mass is 31.2. The summed E-state index contributed by atoms with van der Waals surface area (Å²) in [4.78, 5) is 13.0. The highest BCUT2D eigenvalue weighted by molar-refractivity contribution is 7.69. The first-order chi connectivity index (χ1) is 15.2. The number of nitrogens with one attached hydrogen (secondary N) is 1. The standard InChI is InChI=1S/C23H28F3N4O2P/c1-13(15-9-8-10-17(20(15)24)23(25,26)22(3,4)32-5)28-21-16-11-19(33(6,7)31)27-12-18(16)29-14(2)30-21/h8-13H,1-7H3,(H,28,29,30). The second-order valence-corrected chi connectivity index (χ2v) is 12.1. The molecule has 6 nitrogen and oxygen atoms in total. The second-order valence-electron chi connectivity index (χ2n) is 8.89. The number of pyridine rings is 1. The van der Waals surface area contributed by atoms with Crippen LogP contribution in [0.25, 0.3) is 10.9 Å². The number of benzene rings is 1. The molecule has 0 radical (unpaired) electrons. The number of hydrogen-bond donors (Lipinski definition) is 1. The van der Waals surface area contributed by atoms with Crippen molar-refractivity contribution in [3.05, 3.63) is 53.2 Å². The summed E-state index contributed by atoms with van der Waals surface area (Å²) in [5, 5.41) is 3.67. The van der Waals surface area contributed by atoms with Gasteiger partial charge in [-0.25, -0.2) is 14.4 Å². The van der Waals surface area contributed by atoms with Crippen molar-refractivity contribution in [3.8, 4) is 0 Å². The van der Waals surface area contributed by atoms with Crippen LogP contribution < -0.4 is 10.8 Å². The first-order valence-electron chi connectivity index (χ1n) is 10.4. The fraction of sp³-hybridized carbons (Fsp3) is 0.435. The Morgan fingerprint density at radius 3 is 2.45 bits per heavy atom. The molecule has 0 fully saturated rings. The Labute approximate surface area is 191 Å². The van der Waals surface area contributed by atoms with Gasteiger partial charge in [0.2, 0.25) is 0 Å². The van der Waals surface area contributed by atoms with Crippen molar-refractivity contribution in [2.45, 2.75) is 45.3 Å². The van der Waals surface area contributed by atoms with Crippen LogP contribution in [0.4, 0.5) is 19.0 Å². The smallest absolute Gasteiger partial charge is 0.303 e. The lowest BCUT2D eigenvalue weighted by Crippen LogP contribution is -2.43. The molecule has 178 valence electrons. The first-order valence-corrected chi connectivity index (χ1v) is 13.0. The predicted molar refractivity (Wildman–Crippen MR) is 125 cm³/mol. The molecular formula is C23H28F3N4O2P. The molecule has 2 heterocycles. The fourth-order valence-electron chi connectivity index (χ4n) is 3.40. The maximum atomic E-state index is 15.3. The van der Waals surface area contributed by atoms with E-state index in [1.807, 2.05) is 0 Å². The SMILES string of the molecule is COC(C)(C)C(F)(F)c1cccc(C(C)Nc2nc(C)nc3cnc(P(C)(C)=O)cc23)c1F. The molecule has 1 atom stereocenters. The Kier molecular flexibility index (Phi) is 6.61. The molecule has 2 aromatic heterocycles. The number of halogens is 3. The molecule has 0 saturated carbocycles. The molecule has 1 aromatic carbocycles. The normalized spacial score (nSPS) is 13.9. The van der Waals surface area contributed by atoms with E-state index in [0.717, 1.165) is 13.2 Å². The quantitative estimate of drug-likeness (QED) is 0.456. The number of hydrogen-bond acceptors (Lipinski definition) is 6. The zero-order chi connectivity index (χ0) is 24.8. The van der Waals surface area contributed by atoms with Crippen molar-refractivity contribution in [2.24, 2.45) is 0 Å². The van der Waals surface area contributed by atoms with Gasteiger partial charge in [0.15, 0.2) is 0 Å². The number of nitrogens with zero attached hydrogens (tertiary/aromatic N) is 3. The van der Waals surface area contributed by atoms with Crippen LogP contribution in [0, 0.1) is 12.7 Å². The maximum Gasteiger partial charge on any atom is 0.303 e. The van der Waals surface area contributed by atoms with E-state index in [0.29, 0.717) is 28.0 Å². The van der Waals surface area contributed by atoms with Crippen LogP contribution >= 0.6 is 7.14 Å². The van der Waals surface area contributed by atoms with Gasteiger partial charge in [-0.15, -0.1) is 0 Å².